The molecule has 0 aliphatic rings. The van der Waals surface area contributed by atoms with Gasteiger partial charge in [0.1, 0.15) is 0 Å². The molecule has 0 aliphatic carbocycles. The van der Waals surface area contributed by atoms with Crippen molar-refractivity contribution in [2.75, 3.05) is 0 Å². The van der Waals surface area contributed by atoms with Crippen molar-refractivity contribution in [3.63, 3.8) is 0 Å². The van der Waals surface area contributed by atoms with Crippen LogP contribution in [0.25, 0.3) is 27.6 Å². The molecule has 8 heteroatoms. The lowest BCUT2D eigenvalue weighted by molar-refractivity contribution is 0.0459. The van der Waals surface area contributed by atoms with E-state index in [2.05, 4.69) is 15.2 Å². The molecule has 0 atom stereocenters. The molecule has 0 saturated carbocycles. The lowest BCUT2D eigenvalue weighted by Gasteiger charge is -2.12. The first kappa shape index (κ1) is 18.9. The number of carbonyl (C=O) groups excluding carboxylic acids is 1. The van der Waals surface area contributed by atoms with Gasteiger partial charge >= 0.3 is 5.97 Å². The Morgan fingerprint density at radius 1 is 1.00 bits per heavy atom. The lowest BCUT2D eigenvalue weighted by atomic mass is 10.0. The highest BCUT2D eigenvalue weighted by molar-refractivity contribution is 5.98. The Morgan fingerprint density at radius 3 is 2.52 bits per heavy atom. The normalized spacial score (nSPS) is 11.5. The van der Waals surface area contributed by atoms with Crippen molar-refractivity contribution >= 4 is 33.6 Å². The summed E-state index contributed by atoms with van der Waals surface area (Å²) in [5, 5.41) is 9.74. The van der Waals surface area contributed by atoms with E-state index in [0.29, 0.717) is 33.8 Å². The monoisotopic (exact) mass is 413 g/mol. The molecule has 0 amide bonds. The second-order valence-corrected chi connectivity index (χ2v) is 7.42. The Balaban J connectivity index is 1.55. The zero-order valence-corrected chi connectivity index (χ0v) is 17.3. The molecule has 0 saturated heterocycles. The van der Waals surface area contributed by atoms with E-state index in [1.165, 1.54) is 4.57 Å². The molecule has 0 N–H and O–H groups in total. The van der Waals surface area contributed by atoms with Gasteiger partial charge in [-0.05, 0) is 37.6 Å². The van der Waals surface area contributed by atoms with Gasteiger partial charge in [-0.15, -0.1) is 10.2 Å². The van der Waals surface area contributed by atoms with E-state index in [9.17, 15) is 9.59 Å². The number of pyridine rings is 1. The highest BCUT2D eigenvalue weighted by Gasteiger charge is 2.20. The van der Waals surface area contributed by atoms with Crippen LogP contribution in [-0.2, 0) is 18.4 Å². The Labute approximate surface area is 176 Å². The molecule has 0 bridgehead atoms. The fourth-order valence-electron chi connectivity index (χ4n) is 4.02. The van der Waals surface area contributed by atoms with Crippen LogP contribution < -0.4 is 5.56 Å². The van der Waals surface area contributed by atoms with Gasteiger partial charge in [-0.2, -0.15) is 0 Å². The number of benzene rings is 2. The third-order valence-corrected chi connectivity index (χ3v) is 5.56. The van der Waals surface area contributed by atoms with Crippen LogP contribution in [0, 0.1) is 13.8 Å². The van der Waals surface area contributed by atoms with E-state index in [1.54, 1.807) is 30.5 Å². The highest BCUT2D eigenvalue weighted by Crippen LogP contribution is 2.23. The molecular weight excluding hydrogens is 394 g/mol. The average Bonchev–Trinajstić information content (AvgIpc) is 3.20. The molecule has 3 aromatic heterocycles. The summed E-state index contributed by atoms with van der Waals surface area (Å²) in [5.41, 5.74) is 3.23. The molecule has 0 fully saturated rings. The van der Waals surface area contributed by atoms with Crippen molar-refractivity contribution in [1.82, 2.24) is 24.1 Å². The minimum Gasteiger partial charge on any atom is -0.454 e. The number of aromatic nitrogens is 5. The van der Waals surface area contributed by atoms with E-state index >= 15 is 0 Å². The number of para-hydroxylation sites is 2. The number of hydrogen-bond acceptors (Lipinski definition) is 6. The molecule has 3 heterocycles. The fraction of sp³-hybridized carbons (Fsp3) is 0.174. The zero-order valence-electron chi connectivity index (χ0n) is 17.3. The molecule has 31 heavy (non-hydrogen) atoms. The van der Waals surface area contributed by atoms with Gasteiger partial charge in [0.05, 0.1) is 27.7 Å². The summed E-state index contributed by atoms with van der Waals surface area (Å²) in [7, 11) is 1.64. The van der Waals surface area contributed by atoms with Crippen LogP contribution in [0.15, 0.2) is 53.3 Å². The van der Waals surface area contributed by atoms with Crippen molar-refractivity contribution in [2.45, 2.75) is 20.5 Å². The van der Waals surface area contributed by atoms with Crippen LogP contribution in [0.1, 0.15) is 27.4 Å². The molecule has 2 aromatic carbocycles. The number of hydrogen-bond donors (Lipinski definition) is 0. The van der Waals surface area contributed by atoms with Gasteiger partial charge in [-0.25, -0.2) is 4.79 Å². The number of rotatable bonds is 3. The Morgan fingerprint density at radius 2 is 1.71 bits per heavy atom. The van der Waals surface area contributed by atoms with E-state index in [1.807, 2.05) is 43.3 Å². The van der Waals surface area contributed by atoms with E-state index < -0.39 is 5.97 Å². The summed E-state index contributed by atoms with van der Waals surface area (Å²) in [5.74, 6) is 0.341. The van der Waals surface area contributed by atoms with Crippen LogP contribution in [0.4, 0.5) is 0 Å². The van der Waals surface area contributed by atoms with Crippen LogP contribution in [0.5, 0.6) is 0 Å². The quantitative estimate of drug-likeness (QED) is 0.422. The lowest BCUT2D eigenvalue weighted by Crippen LogP contribution is -2.20. The minimum atomic E-state index is -0.473. The summed E-state index contributed by atoms with van der Waals surface area (Å²) in [6.07, 6.45) is 0. The third kappa shape index (κ3) is 2.87. The first-order chi connectivity index (χ1) is 15.0. The van der Waals surface area contributed by atoms with Crippen molar-refractivity contribution in [2.24, 2.45) is 7.05 Å². The van der Waals surface area contributed by atoms with E-state index in [-0.39, 0.29) is 12.2 Å². The van der Waals surface area contributed by atoms with Gasteiger partial charge in [0.15, 0.2) is 12.4 Å². The number of fused-ring (bicyclic) bond motifs is 4. The molecule has 8 nitrogen and oxygen atoms in total. The SMILES string of the molecule is Cc1nc2ccccc2c(C)c1C(=O)OCc1nnc2n(C)c(=O)c3ccccc3n12. The van der Waals surface area contributed by atoms with E-state index in [4.69, 9.17) is 4.74 Å². The molecule has 0 radical (unpaired) electrons. The van der Waals surface area contributed by atoms with Gasteiger partial charge < -0.3 is 4.74 Å². The summed E-state index contributed by atoms with van der Waals surface area (Å²) in [6, 6.07) is 14.9. The largest absolute Gasteiger partial charge is 0.454 e. The maximum atomic E-state index is 13.0. The summed E-state index contributed by atoms with van der Waals surface area (Å²) in [6.45, 7) is 3.60. The Bertz CT molecular complexity index is 1570. The average molecular weight is 413 g/mol. The summed E-state index contributed by atoms with van der Waals surface area (Å²) < 4.78 is 8.79. The van der Waals surface area contributed by atoms with Crippen molar-refractivity contribution in [1.29, 1.82) is 0 Å². The smallest absolute Gasteiger partial charge is 0.340 e. The molecule has 154 valence electrons. The number of carbonyl (C=O) groups is 1. The fourth-order valence-corrected chi connectivity index (χ4v) is 4.02. The predicted octanol–water partition coefficient (Wildman–Crippen LogP) is 3.10. The summed E-state index contributed by atoms with van der Waals surface area (Å²) >= 11 is 0. The van der Waals surface area contributed by atoms with Crippen molar-refractivity contribution < 1.29 is 9.53 Å². The maximum Gasteiger partial charge on any atom is 0.340 e. The predicted molar refractivity (Wildman–Crippen MR) is 116 cm³/mol. The molecule has 0 spiro atoms. The number of nitrogens with zero attached hydrogens (tertiary/aromatic N) is 5. The maximum absolute atomic E-state index is 13.0. The van der Waals surface area contributed by atoms with Gasteiger partial charge in [0.2, 0.25) is 5.78 Å². The van der Waals surface area contributed by atoms with E-state index in [0.717, 1.165) is 16.5 Å². The first-order valence-corrected chi connectivity index (χ1v) is 9.82. The van der Waals surface area contributed by atoms with Crippen LogP contribution in [-0.4, -0.2) is 30.1 Å². The van der Waals surface area contributed by atoms with Gasteiger partial charge in [0.25, 0.3) is 5.56 Å². The Hall–Kier alpha value is -4.07. The zero-order chi connectivity index (χ0) is 21.7. The number of aryl methyl sites for hydroxylation is 3. The number of esters is 1. The summed E-state index contributed by atoms with van der Waals surface area (Å²) in [4.78, 5) is 30.1. The van der Waals surface area contributed by atoms with Gasteiger partial charge in [0, 0.05) is 12.4 Å². The van der Waals surface area contributed by atoms with Crippen LogP contribution in [0.2, 0.25) is 0 Å². The van der Waals surface area contributed by atoms with Gasteiger partial charge in [-0.1, -0.05) is 30.3 Å². The van der Waals surface area contributed by atoms with Crippen LogP contribution in [0.3, 0.4) is 0 Å². The van der Waals surface area contributed by atoms with Crippen molar-refractivity contribution in [3.05, 3.63) is 81.5 Å². The first-order valence-electron chi connectivity index (χ1n) is 9.82. The second kappa shape index (κ2) is 7.02. The molecule has 0 aliphatic heterocycles. The Kier molecular flexibility index (Phi) is 4.28. The molecule has 5 rings (SSSR count). The molecule has 5 aromatic rings. The van der Waals surface area contributed by atoms with Crippen LogP contribution >= 0.6 is 0 Å². The molecule has 0 unspecified atom stereocenters. The second-order valence-electron chi connectivity index (χ2n) is 7.42. The number of ether oxygens (including phenoxy) is 1. The topological polar surface area (TPSA) is 91.4 Å². The van der Waals surface area contributed by atoms with Gasteiger partial charge in [-0.3, -0.25) is 18.7 Å². The third-order valence-electron chi connectivity index (χ3n) is 5.56. The van der Waals surface area contributed by atoms with Crippen molar-refractivity contribution in [3.8, 4) is 0 Å². The molecular formula is C23H19N5O3. The highest BCUT2D eigenvalue weighted by atomic mass is 16.5. The standard InChI is InChI=1S/C23H19N5O3/c1-13-15-8-4-6-10-17(15)24-14(2)20(13)22(30)31-12-19-25-26-23-27(3)21(29)16-9-5-7-11-18(16)28(19)23/h4-11H,12H2,1-3H3. The minimum absolute atomic E-state index is 0.0894.